The van der Waals surface area contributed by atoms with Crippen LogP contribution in [0.2, 0.25) is 0 Å². The summed E-state index contributed by atoms with van der Waals surface area (Å²) in [5, 5.41) is 8.70. The van der Waals surface area contributed by atoms with Gasteiger partial charge in [0.2, 0.25) is 0 Å². The molecule has 0 saturated carbocycles. The standard InChI is InChI=1S/C11H8BrF2NO2/c1-2-17-11(16)8-4-7(10(13)14)6(5-15)3-9(8)12/h3-4,10H,2H2,1H3. The third-order valence-electron chi connectivity index (χ3n) is 1.99. The van der Waals surface area contributed by atoms with Crippen LogP contribution >= 0.6 is 15.9 Å². The highest BCUT2D eigenvalue weighted by Crippen LogP contribution is 2.29. The molecular weight excluding hydrogens is 296 g/mol. The SMILES string of the molecule is CCOC(=O)c1cc(C(F)F)c(C#N)cc1Br. The maximum atomic E-state index is 12.7. The van der Waals surface area contributed by atoms with E-state index in [2.05, 4.69) is 15.9 Å². The average Bonchev–Trinajstić information content (AvgIpc) is 2.28. The van der Waals surface area contributed by atoms with Crippen molar-refractivity contribution in [2.75, 3.05) is 6.61 Å². The smallest absolute Gasteiger partial charge is 0.339 e. The molecule has 0 heterocycles. The minimum Gasteiger partial charge on any atom is -0.462 e. The predicted octanol–water partition coefficient (Wildman–Crippen LogP) is 3.44. The van der Waals surface area contributed by atoms with Crippen LogP contribution in [0.25, 0.3) is 0 Å². The normalized spacial score (nSPS) is 10.1. The Labute approximate surface area is 105 Å². The van der Waals surface area contributed by atoms with Gasteiger partial charge in [-0.25, -0.2) is 13.6 Å². The topological polar surface area (TPSA) is 50.1 Å². The number of alkyl halides is 2. The number of esters is 1. The van der Waals surface area contributed by atoms with Gasteiger partial charge in [0.25, 0.3) is 6.43 Å². The van der Waals surface area contributed by atoms with Crippen molar-refractivity contribution in [3.05, 3.63) is 33.3 Å². The summed E-state index contributed by atoms with van der Waals surface area (Å²) in [7, 11) is 0. The van der Waals surface area contributed by atoms with Crippen LogP contribution in [0, 0.1) is 11.3 Å². The van der Waals surface area contributed by atoms with Crippen LogP contribution in [0.1, 0.15) is 34.8 Å². The molecule has 6 heteroatoms. The molecule has 1 rings (SSSR count). The molecular formula is C11H8BrF2NO2. The molecule has 0 aromatic heterocycles. The van der Waals surface area contributed by atoms with Gasteiger partial charge in [-0.1, -0.05) is 0 Å². The van der Waals surface area contributed by atoms with E-state index >= 15 is 0 Å². The molecule has 0 bridgehead atoms. The van der Waals surface area contributed by atoms with Crippen LogP contribution in [0.5, 0.6) is 0 Å². The maximum Gasteiger partial charge on any atom is 0.339 e. The molecule has 0 N–H and O–H groups in total. The highest BCUT2D eigenvalue weighted by Gasteiger charge is 2.20. The van der Waals surface area contributed by atoms with E-state index in [-0.39, 0.29) is 22.2 Å². The number of carbonyl (C=O) groups excluding carboxylic acids is 1. The van der Waals surface area contributed by atoms with Gasteiger partial charge in [-0.15, -0.1) is 0 Å². The zero-order chi connectivity index (χ0) is 13.0. The molecule has 1 aromatic carbocycles. The van der Waals surface area contributed by atoms with Crippen LogP contribution in [-0.4, -0.2) is 12.6 Å². The molecule has 0 atom stereocenters. The summed E-state index contributed by atoms with van der Waals surface area (Å²) in [5.41, 5.74) is -0.653. The first-order chi connectivity index (χ1) is 8.01. The number of halogens is 3. The predicted molar refractivity (Wildman–Crippen MR) is 59.8 cm³/mol. The van der Waals surface area contributed by atoms with Crippen molar-refractivity contribution in [1.82, 2.24) is 0 Å². The van der Waals surface area contributed by atoms with Gasteiger partial charge in [0.15, 0.2) is 0 Å². The Hall–Kier alpha value is -1.48. The molecule has 0 aliphatic carbocycles. The first kappa shape index (κ1) is 13.6. The summed E-state index contributed by atoms with van der Waals surface area (Å²) >= 11 is 3.04. The van der Waals surface area contributed by atoms with E-state index in [1.807, 2.05) is 0 Å². The Kier molecular flexibility index (Phi) is 4.58. The zero-order valence-electron chi connectivity index (χ0n) is 8.84. The van der Waals surface area contributed by atoms with Crippen LogP contribution < -0.4 is 0 Å². The minimum atomic E-state index is -2.81. The van der Waals surface area contributed by atoms with E-state index in [4.69, 9.17) is 10.00 Å². The van der Waals surface area contributed by atoms with E-state index in [0.29, 0.717) is 0 Å². The van der Waals surface area contributed by atoms with Crippen molar-refractivity contribution < 1.29 is 18.3 Å². The number of hydrogen-bond donors (Lipinski definition) is 0. The Balaban J connectivity index is 3.30. The fourth-order valence-electron chi connectivity index (χ4n) is 1.23. The molecule has 0 fully saturated rings. The number of rotatable bonds is 3. The highest BCUT2D eigenvalue weighted by atomic mass is 79.9. The largest absolute Gasteiger partial charge is 0.462 e. The van der Waals surface area contributed by atoms with Gasteiger partial charge >= 0.3 is 5.97 Å². The second kappa shape index (κ2) is 5.73. The highest BCUT2D eigenvalue weighted by molar-refractivity contribution is 9.10. The molecule has 1 aromatic rings. The van der Waals surface area contributed by atoms with Crippen LogP contribution in [0.4, 0.5) is 8.78 Å². The van der Waals surface area contributed by atoms with E-state index in [1.165, 1.54) is 6.07 Å². The molecule has 0 amide bonds. The monoisotopic (exact) mass is 303 g/mol. The minimum absolute atomic E-state index is 0.0128. The first-order valence-electron chi connectivity index (χ1n) is 4.70. The van der Waals surface area contributed by atoms with Crippen molar-refractivity contribution in [3.63, 3.8) is 0 Å². The lowest BCUT2D eigenvalue weighted by Gasteiger charge is -2.08. The van der Waals surface area contributed by atoms with Crippen LogP contribution in [-0.2, 0) is 4.74 Å². The summed E-state index contributed by atoms with van der Waals surface area (Å²) in [6.45, 7) is 1.76. The Morgan fingerprint density at radius 1 is 1.59 bits per heavy atom. The van der Waals surface area contributed by atoms with E-state index in [1.54, 1.807) is 13.0 Å². The van der Waals surface area contributed by atoms with Gasteiger partial charge in [-0.2, -0.15) is 5.26 Å². The van der Waals surface area contributed by atoms with Gasteiger partial charge < -0.3 is 4.74 Å². The Bertz CT molecular complexity index is 483. The van der Waals surface area contributed by atoms with Gasteiger partial charge in [0.1, 0.15) is 0 Å². The molecule has 90 valence electrons. The number of benzene rings is 1. The van der Waals surface area contributed by atoms with Crippen molar-refractivity contribution in [2.24, 2.45) is 0 Å². The van der Waals surface area contributed by atoms with Crippen molar-refractivity contribution in [1.29, 1.82) is 5.26 Å². The quantitative estimate of drug-likeness (QED) is 0.804. The summed E-state index contributed by atoms with van der Waals surface area (Å²) in [6.07, 6.45) is -2.81. The number of nitriles is 1. The lowest BCUT2D eigenvalue weighted by molar-refractivity contribution is 0.0525. The van der Waals surface area contributed by atoms with Gasteiger partial charge in [0.05, 0.1) is 23.8 Å². The molecule has 17 heavy (non-hydrogen) atoms. The second-order valence-corrected chi connectivity index (χ2v) is 3.91. The second-order valence-electron chi connectivity index (χ2n) is 3.05. The molecule has 0 saturated heterocycles. The Morgan fingerprint density at radius 2 is 2.24 bits per heavy atom. The molecule has 0 unspecified atom stereocenters. The molecule has 0 spiro atoms. The summed E-state index contributed by atoms with van der Waals surface area (Å²) in [4.78, 5) is 11.5. The third-order valence-corrected chi connectivity index (χ3v) is 2.65. The lowest BCUT2D eigenvalue weighted by Crippen LogP contribution is -2.07. The fraction of sp³-hybridized carbons (Fsp3) is 0.273. The summed E-state index contributed by atoms with van der Waals surface area (Å²) in [5.74, 6) is -0.703. The number of ether oxygens (including phenoxy) is 1. The maximum absolute atomic E-state index is 12.7. The third kappa shape index (κ3) is 3.01. The number of nitrogens with zero attached hydrogens (tertiary/aromatic N) is 1. The van der Waals surface area contributed by atoms with E-state index in [0.717, 1.165) is 6.07 Å². The number of hydrogen-bond acceptors (Lipinski definition) is 3. The molecule has 0 aliphatic heterocycles. The van der Waals surface area contributed by atoms with Crippen molar-refractivity contribution >= 4 is 21.9 Å². The van der Waals surface area contributed by atoms with E-state index < -0.39 is 18.0 Å². The number of carbonyl (C=O) groups is 1. The molecule has 0 aliphatic rings. The lowest BCUT2D eigenvalue weighted by atomic mass is 10.1. The summed E-state index contributed by atoms with van der Waals surface area (Å²) in [6, 6.07) is 3.82. The Morgan fingerprint density at radius 3 is 2.71 bits per heavy atom. The van der Waals surface area contributed by atoms with Crippen LogP contribution in [0.3, 0.4) is 0 Å². The van der Waals surface area contributed by atoms with Crippen molar-refractivity contribution in [3.8, 4) is 6.07 Å². The zero-order valence-corrected chi connectivity index (χ0v) is 10.4. The van der Waals surface area contributed by atoms with Gasteiger partial charge in [-0.3, -0.25) is 0 Å². The molecule has 0 radical (unpaired) electrons. The molecule has 3 nitrogen and oxygen atoms in total. The van der Waals surface area contributed by atoms with Crippen molar-refractivity contribution in [2.45, 2.75) is 13.3 Å². The van der Waals surface area contributed by atoms with Gasteiger partial charge in [-0.05, 0) is 35.0 Å². The van der Waals surface area contributed by atoms with Crippen LogP contribution in [0.15, 0.2) is 16.6 Å². The first-order valence-corrected chi connectivity index (χ1v) is 5.49. The van der Waals surface area contributed by atoms with E-state index in [9.17, 15) is 13.6 Å². The van der Waals surface area contributed by atoms with Gasteiger partial charge in [0, 0.05) is 10.0 Å². The average molecular weight is 304 g/mol. The summed E-state index contributed by atoms with van der Waals surface area (Å²) < 4.78 is 30.3. The fourth-order valence-corrected chi connectivity index (χ4v) is 1.74.